The normalized spacial score (nSPS) is 12.2. The number of benzene rings is 1. The van der Waals surface area contributed by atoms with Gasteiger partial charge in [0, 0.05) is 5.88 Å². The van der Waals surface area contributed by atoms with Gasteiger partial charge >= 0.3 is 0 Å². The molecule has 21 heavy (non-hydrogen) atoms. The van der Waals surface area contributed by atoms with Crippen molar-refractivity contribution in [3.63, 3.8) is 0 Å². The minimum atomic E-state index is -3.19. The van der Waals surface area contributed by atoms with Crippen molar-refractivity contribution in [2.24, 2.45) is 0 Å². The van der Waals surface area contributed by atoms with Crippen molar-refractivity contribution >= 4 is 21.4 Å². The van der Waals surface area contributed by atoms with E-state index in [9.17, 15) is 8.42 Å². The summed E-state index contributed by atoms with van der Waals surface area (Å²) in [6.07, 6.45) is 0. The smallest absolute Gasteiger partial charge is 0.161 e. The molecule has 120 valence electrons. The van der Waals surface area contributed by atoms with Gasteiger partial charge in [0.2, 0.25) is 0 Å². The summed E-state index contributed by atoms with van der Waals surface area (Å²) < 4.78 is 34.3. The van der Waals surface area contributed by atoms with Crippen LogP contribution in [0.2, 0.25) is 0 Å². The van der Waals surface area contributed by atoms with Crippen LogP contribution < -0.4 is 9.47 Å². The van der Waals surface area contributed by atoms with Crippen molar-refractivity contribution < 1.29 is 17.9 Å². The lowest BCUT2D eigenvalue weighted by Crippen LogP contribution is -2.32. The van der Waals surface area contributed by atoms with E-state index in [1.807, 2.05) is 19.1 Å². The maximum Gasteiger partial charge on any atom is 0.161 e. The molecule has 0 unspecified atom stereocenters. The highest BCUT2D eigenvalue weighted by atomic mass is 35.5. The summed E-state index contributed by atoms with van der Waals surface area (Å²) in [7, 11) is -3.19. The van der Waals surface area contributed by atoms with Gasteiger partial charge in [-0.25, -0.2) is 8.42 Å². The van der Waals surface area contributed by atoms with E-state index in [-0.39, 0.29) is 12.4 Å². The molecule has 0 amide bonds. The molecular weight excluding hydrogens is 312 g/mol. The van der Waals surface area contributed by atoms with Crippen LogP contribution in [0.1, 0.15) is 33.3 Å². The first kappa shape index (κ1) is 18.1. The maximum atomic E-state index is 12.0. The van der Waals surface area contributed by atoms with E-state index in [0.717, 1.165) is 5.56 Å². The molecule has 0 saturated carbocycles. The zero-order chi connectivity index (χ0) is 16.1. The minimum Gasteiger partial charge on any atom is -0.490 e. The third kappa shape index (κ3) is 5.08. The number of hydrogen-bond donors (Lipinski definition) is 0. The van der Waals surface area contributed by atoms with E-state index in [1.54, 1.807) is 26.8 Å². The average molecular weight is 335 g/mol. The lowest BCUT2D eigenvalue weighted by molar-refractivity contribution is 0.287. The standard InChI is InChI=1S/C15H23ClO4S/c1-5-19-14-10-12(11-16)6-7-13(14)20-8-9-21(17,18)15(2,3)4/h6-7,10H,5,8-9,11H2,1-4H3. The fourth-order valence-corrected chi connectivity index (χ4v) is 2.67. The Kier molecular flexibility index (Phi) is 6.35. The Bertz CT molecular complexity index is 562. The van der Waals surface area contributed by atoms with Crippen LogP contribution in [0.15, 0.2) is 18.2 Å². The van der Waals surface area contributed by atoms with Gasteiger partial charge in [-0.3, -0.25) is 0 Å². The van der Waals surface area contributed by atoms with Crippen molar-refractivity contribution in [2.45, 2.75) is 38.3 Å². The summed E-state index contributed by atoms with van der Waals surface area (Å²) in [6, 6.07) is 5.40. The van der Waals surface area contributed by atoms with E-state index in [1.165, 1.54) is 0 Å². The molecule has 0 aromatic heterocycles. The molecular formula is C15H23ClO4S. The predicted octanol–water partition coefficient (Wildman–Crippen LogP) is 3.42. The van der Waals surface area contributed by atoms with Crippen LogP contribution in [-0.4, -0.2) is 32.1 Å². The number of hydrogen-bond acceptors (Lipinski definition) is 4. The molecule has 0 radical (unpaired) electrons. The van der Waals surface area contributed by atoms with E-state index < -0.39 is 14.6 Å². The van der Waals surface area contributed by atoms with Crippen LogP contribution in [-0.2, 0) is 15.7 Å². The predicted molar refractivity (Wildman–Crippen MR) is 86.2 cm³/mol. The second-order valence-electron chi connectivity index (χ2n) is 5.63. The summed E-state index contributed by atoms with van der Waals surface area (Å²) in [6.45, 7) is 7.53. The molecule has 0 spiro atoms. The molecule has 1 aromatic carbocycles. The van der Waals surface area contributed by atoms with E-state index in [2.05, 4.69) is 0 Å². The molecule has 0 atom stereocenters. The Morgan fingerprint density at radius 1 is 1.14 bits per heavy atom. The van der Waals surface area contributed by atoms with Gasteiger partial charge in [-0.1, -0.05) is 6.07 Å². The summed E-state index contributed by atoms with van der Waals surface area (Å²) in [5.74, 6) is 1.48. The zero-order valence-electron chi connectivity index (χ0n) is 13.0. The van der Waals surface area contributed by atoms with Crippen molar-refractivity contribution in [1.29, 1.82) is 0 Å². The summed E-state index contributed by atoms with van der Waals surface area (Å²) in [5.41, 5.74) is 0.926. The van der Waals surface area contributed by atoms with Crippen molar-refractivity contribution in [2.75, 3.05) is 19.0 Å². The SMILES string of the molecule is CCOc1cc(CCl)ccc1OCCS(=O)(=O)C(C)(C)C. The lowest BCUT2D eigenvalue weighted by Gasteiger charge is -2.19. The molecule has 6 heteroatoms. The van der Waals surface area contributed by atoms with Gasteiger partial charge in [-0.15, -0.1) is 11.6 Å². The largest absolute Gasteiger partial charge is 0.490 e. The van der Waals surface area contributed by atoms with Crippen molar-refractivity contribution in [3.8, 4) is 11.5 Å². The van der Waals surface area contributed by atoms with Crippen molar-refractivity contribution in [1.82, 2.24) is 0 Å². The first-order valence-corrected chi connectivity index (χ1v) is 9.06. The Morgan fingerprint density at radius 3 is 2.33 bits per heavy atom. The molecule has 0 aliphatic carbocycles. The second-order valence-corrected chi connectivity index (χ2v) is 8.76. The third-order valence-corrected chi connectivity index (χ3v) is 5.88. The summed E-state index contributed by atoms with van der Waals surface area (Å²) >= 11 is 5.79. The van der Waals surface area contributed by atoms with Crippen molar-refractivity contribution in [3.05, 3.63) is 23.8 Å². The topological polar surface area (TPSA) is 52.6 Å². The van der Waals surface area contributed by atoms with Gasteiger partial charge in [0.15, 0.2) is 21.3 Å². The second kappa shape index (κ2) is 7.36. The molecule has 1 aromatic rings. The Balaban J connectivity index is 2.76. The van der Waals surface area contributed by atoms with Gasteiger partial charge in [-0.2, -0.15) is 0 Å². The number of halogens is 1. The third-order valence-electron chi connectivity index (χ3n) is 3.00. The highest BCUT2D eigenvalue weighted by Crippen LogP contribution is 2.29. The van der Waals surface area contributed by atoms with E-state index in [4.69, 9.17) is 21.1 Å². The Morgan fingerprint density at radius 2 is 1.81 bits per heavy atom. The summed E-state index contributed by atoms with van der Waals surface area (Å²) in [4.78, 5) is 0. The molecule has 0 saturated heterocycles. The molecule has 0 aliphatic rings. The van der Waals surface area contributed by atoms with Crippen LogP contribution in [0.3, 0.4) is 0 Å². The molecule has 1 rings (SSSR count). The van der Waals surface area contributed by atoms with Crippen LogP contribution in [0.25, 0.3) is 0 Å². The van der Waals surface area contributed by atoms with Gasteiger partial charge in [0.1, 0.15) is 6.61 Å². The highest BCUT2D eigenvalue weighted by Gasteiger charge is 2.28. The maximum absolute atomic E-state index is 12.0. The van der Waals surface area contributed by atoms with E-state index in [0.29, 0.717) is 24.0 Å². The quantitative estimate of drug-likeness (QED) is 0.717. The molecule has 4 nitrogen and oxygen atoms in total. The first-order valence-electron chi connectivity index (χ1n) is 6.88. The summed E-state index contributed by atoms with van der Waals surface area (Å²) in [5, 5.41) is 0. The molecule has 0 N–H and O–H groups in total. The number of alkyl halides is 1. The van der Waals surface area contributed by atoms with E-state index >= 15 is 0 Å². The van der Waals surface area contributed by atoms with Gasteiger partial charge in [0.25, 0.3) is 0 Å². The Labute approximate surface area is 132 Å². The monoisotopic (exact) mass is 334 g/mol. The van der Waals surface area contributed by atoms with Crippen LogP contribution >= 0.6 is 11.6 Å². The molecule has 0 heterocycles. The number of rotatable bonds is 7. The van der Waals surface area contributed by atoms with Crippen LogP contribution in [0, 0.1) is 0 Å². The van der Waals surface area contributed by atoms with Gasteiger partial charge in [-0.05, 0) is 45.4 Å². The van der Waals surface area contributed by atoms with Gasteiger partial charge < -0.3 is 9.47 Å². The molecule has 0 fully saturated rings. The fraction of sp³-hybridized carbons (Fsp3) is 0.600. The first-order chi connectivity index (χ1) is 9.71. The minimum absolute atomic E-state index is 0.0284. The lowest BCUT2D eigenvalue weighted by atomic mass is 10.2. The zero-order valence-corrected chi connectivity index (χ0v) is 14.6. The molecule has 0 bridgehead atoms. The van der Waals surface area contributed by atoms with Crippen LogP contribution in [0.5, 0.6) is 11.5 Å². The Hall–Kier alpha value is -0.940. The van der Waals surface area contributed by atoms with Crippen LogP contribution in [0.4, 0.5) is 0 Å². The molecule has 0 aliphatic heterocycles. The average Bonchev–Trinajstić information content (AvgIpc) is 2.39. The number of sulfone groups is 1. The van der Waals surface area contributed by atoms with Gasteiger partial charge in [0.05, 0.1) is 17.1 Å². The fourth-order valence-electron chi connectivity index (χ4n) is 1.59. The highest BCUT2D eigenvalue weighted by molar-refractivity contribution is 7.92. The number of ether oxygens (including phenoxy) is 2.